The molecule has 0 radical (unpaired) electrons. The van der Waals surface area contributed by atoms with E-state index >= 15 is 0 Å². The van der Waals surface area contributed by atoms with Gasteiger partial charge in [-0.05, 0) is 55.9 Å². The summed E-state index contributed by atoms with van der Waals surface area (Å²) in [6.07, 6.45) is 3.25. The van der Waals surface area contributed by atoms with E-state index in [-0.39, 0.29) is 5.91 Å². The van der Waals surface area contributed by atoms with E-state index in [1.165, 1.54) is 11.8 Å². The van der Waals surface area contributed by atoms with Crippen LogP contribution in [0.15, 0.2) is 42.5 Å². The first-order chi connectivity index (χ1) is 14.0. The first-order valence-electron chi connectivity index (χ1n) is 9.75. The summed E-state index contributed by atoms with van der Waals surface area (Å²) in [4.78, 5) is 17.1. The number of carbonyl (C=O) groups excluding carboxylic acids is 1. The van der Waals surface area contributed by atoms with E-state index < -0.39 is 0 Å². The fraction of sp³-hybridized carbons (Fsp3) is 0.348. The van der Waals surface area contributed by atoms with Gasteiger partial charge in [-0.1, -0.05) is 0 Å². The van der Waals surface area contributed by atoms with E-state index in [0.717, 1.165) is 43.0 Å². The van der Waals surface area contributed by atoms with Gasteiger partial charge in [0.1, 0.15) is 11.5 Å². The number of likely N-dealkylation sites (N-methyl/N-ethyl adjacent to an activating group) is 1. The second-order valence-corrected chi connectivity index (χ2v) is 7.22. The number of nitrogens with one attached hydrogen (secondary N) is 1. The molecule has 3 rings (SSSR count). The highest BCUT2D eigenvalue weighted by Gasteiger charge is 2.15. The van der Waals surface area contributed by atoms with Crippen molar-refractivity contribution < 1.29 is 14.3 Å². The van der Waals surface area contributed by atoms with E-state index in [1.54, 1.807) is 26.4 Å². The van der Waals surface area contributed by atoms with Crippen LogP contribution in [0.3, 0.4) is 0 Å². The maximum absolute atomic E-state index is 12.4. The Morgan fingerprint density at radius 2 is 1.79 bits per heavy atom. The third kappa shape index (κ3) is 5.29. The molecule has 0 spiro atoms. The molecule has 1 saturated heterocycles. The second kappa shape index (κ2) is 9.47. The molecule has 1 aliphatic heterocycles. The van der Waals surface area contributed by atoms with Crippen molar-refractivity contribution in [2.24, 2.45) is 0 Å². The SMILES string of the molecule is COc1ccc(C=CC(=O)Nc2ccc(N3CCN(C)CC3)cc2C)c(OC)c1. The molecule has 1 N–H and O–H groups in total. The van der Waals surface area contributed by atoms with Crippen LogP contribution >= 0.6 is 0 Å². The lowest BCUT2D eigenvalue weighted by molar-refractivity contribution is -0.111. The van der Waals surface area contributed by atoms with Crippen molar-refractivity contribution in [3.05, 3.63) is 53.6 Å². The van der Waals surface area contributed by atoms with Crippen molar-refractivity contribution in [2.45, 2.75) is 6.92 Å². The van der Waals surface area contributed by atoms with Gasteiger partial charge in [0.15, 0.2) is 0 Å². The van der Waals surface area contributed by atoms with E-state index in [4.69, 9.17) is 9.47 Å². The fourth-order valence-corrected chi connectivity index (χ4v) is 3.35. The maximum Gasteiger partial charge on any atom is 0.248 e. The summed E-state index contributed by atoms with van der Waals surface area (Å²) < 4.78 is 10.6. The first-order valence-corrected chi connectivity index (χ1v) is 9.75. The Hall–Kier alpha value is -2.99. The molecule has 0 unspecified atom stereocenters. The van der Waals surface area contributed by atoms with Crippen molar-refractivity contribution >= 4 is 23.4 Å². The predicted octanol–water partition coefficient (Wildman–Crippen LogP) is 3.42. The van der Waals surface area contributed by atoms with Crippen LogP contribution in [0.1, 0.15) is 11.1 Å². The molecule has 2 aromatic carbocycles. The van der Waals surface area contributed by atoms with Gasteiger partial charge in [0.25, 0.3) is 0 Å². The van der Waals surface area contributed by atoms with Gasteiger partial charge in [-0.3, -0.25) is 4.79 Å². The number of ether oxygens (including phenoxy) is 2. The summed E-state index contributed by atoms with van der Waals surface area (Å²) in [5.74, 6) is 1.18. The molecule has 6 nitrogen and oxygen atoms in total. The van der Waals surface area contributed by atoms with Crippen molar-refractivity contribution in [3.8, 4) is 11.5 Å². The van der Waals surface area contributed by atoms with Crippen LogP contribution in [0.25, 0.3) is 6.08 Å². The highest BCUT2D eigenvalue weighted by Crippen LogP contribution is 2.26. The fourth-order valence-electron chi connectivity index (χ4n) is 3.35. The number of hydrogen-bond donors (Lipinski definition) is 1. The van der Waals surface area contributed by atoms with Crippen LogP contribution in [0.2, 0.25) is 0 Å². The molecule has 154 valence electrons. The lowest BCUT2D eigenvalue weighted by Crippen LogP contribution is -2.44. The summed E-state index contributed by atoms with van der Waals surface area (Å²) in [5.41, 5.74) is 3.88. The topological polar surface area (TPSA) is 54.0 Å². The van der Waals surface area contributed by atoms with Gasteiger partial charge in [-0.2, -0.15) is 0 Å². The smallest absolute Gasteiger partial charge is 0.248 e. The summed E-state index contributed by atoms with van der Waals surface area (Å²) in [6, 6.07) is 11.7. The summed E-state index contributed by atoms with van der Waals surface area (Å²) >= 11 is 0. The number of anilines is 2. The van der Waals surface area contributed by atoms with E-state index in [0.29, 0.717) is 11.5 Å². The molecule has 0 bridgehead atoms. The largest absolute Gasteiger partial charge is 0.497 e. The van der Waals surface area contributed by atoms with Gasteiger partial charge in [-0.15, -0.1) is 0 Å². The average Bonchev–Trinajstić information content (AvgIpc) is 2.74. The molecule has 1 amide bonds. The Kier molecular flexibility index (Phi) is 6.77. The molecule has 0 atom stereocenters. The van der Waals surface area contributed by atoms with Gasteiger partial charge in [-0.25, -0.2) is 0 Å². The zero-order valence-corrected chi connectivity index (χ0v) is 17.6. The van der Waals surface area contributed by atoms with E-state index in [9.17, 15) is 4.79 Å². The molecule has 1 fully saturated rings. The number of amides is 1. The Balaban J connectivity index is 1.65. The summed E-state index contributed by atoms with van der Waals surface area (Å²) in [7, 11) is 5.35. The van der Waals surface area contributed by atoms with Crippen molar-refractivity contribution in [2.75, 3.05) is 57.7 Å². The molecule has 2 aromatic rings. The minimum Gasteiger partial charge on any atom is -0.497 e. The monoisotopic (exact) mass is 395 g/mol. The van der Waals surface area contributed by atoms with Crippen LogP contribution in [0.4, 0.5) is 11.4 Å². The molecule has 29 heavy (non-hydrogen) atoms. The zero-order valence-electron chi connectivity index (χ0n) is 17.6. The molecular weight excluding hydrogens is 366 g/mol. The summed E-state index contributed by atoms with van der Waals surface area (Å²) in [6.45, 7) is 6.20. The molecular formula is C23H29N3O3. The molecule has 0 aromatic heterocycles. The third-order valence-electron chi connectivity index (χ3n) is 5.19. The van der Waals surface area contributed by atoms with Crippen molar-refractivity contribution in [3.63, 3.8) is 0 Å². The molecule has 0 aliphatic carbocycles. The molecule has 6 heteroatoms. The number of piperazine rings is 1. The number of rotatable bonds is 6. The van der Waals surface area contributed by atoms with E-state index in [1.807, 2.05) is 25.1 Å². The molecule has 1 aliphatic rings. The Labute approximate surface area is 172 Å². The highest BCUT2D eigenvalue weighted by molar-refractivity contribution is 6.02. The highest BCUT2D eigenvalue weighted by atomic mass is 16.5. The minimum atomic E-state index is -0.182. The first kappa shape index (κ1) is 20.7. The van der Waals surface area contributed by atoms with E-state index in [2.05, 4.69) is 34.3 Å². The number of carbonyl (C=O) groups is 1. The van der Waals surface area contributed by atoms with Crippen LogP contribution in [-0.2, 0) is 4.79 Å². The minimum absolute atomic E-state index is 0.182. The number of benzene rings is 2. The quantitative estimate of drug-likeness (QED) is 0.760. The van der Waals surface area contributed by atoms with Gasteiger partial charge in [0.2, 0.25) is 5.91 Å². The zero-order chi connectivity index (χ0) is 20.8. The molecule has 1 heterocycles. The number of hydrogen-bond acceptors (Lipinski definition) is 5. The van der Waals surface area contributed by atoms with Crippen molar-refractivity contribution in [1.29, 1.82) is 0 Å². The number of nitrogens with zero attached hydrogens (tertiary/aromatic N) is 2. The van der Waals surface area contributed by atoms with Crippen LogP contribution in [0, 0.1) is 6.92 Å². The second-order valence-electron chi connectivity index (χ2n) is 7.22. The Morgan fingerprint density at radius 3 is 2.45 bits per heavy atom. The standard InChI is InChI=1S/C23H29N3O3/c1-17-15-19(26-13-11-25(2)12-14-26)7-9-21(17)24-23(27)10-6-18-5-8-20(28-3)16-22(18)29-4/h5-10,15-16H,11-14H2,1-4H3,(H,24,27). The average molecular weight is 396 g/mol. The predicted molar refractivity (Wildman–Crippen MR) is 118 cm³/mol. The Morgan fingerprint density at radius 1 is 1.03 bits per heavy atom. The Bertz CT molecular complexity index is 887. The van der Waals surface area contributed by atoms with Gasteiger partial charge in [0.05, 0.1) is 14.2 Å². The van der Waals surface area contributed by atoms with Crippen LogP contribution < -0.4 is 19.7 Å². The lowest BCUT2D eigenvalue weighted by Gasteiger charge is -2.34. The van der Waals surface area contributed by atoms with Gasteiger partial charge in [0, 0.05) is 55.3 Å². The van der Waals surface area contributed by atoms with Crippen LogP contribution in [0.5, 0.6) is 11.5 Å². The normalized spacial score (nSPS) is 14.8. The van der Waals surface area contributed by atoms with Crippen molar-refractivity contribution in [1.82, 2.24) is 4.90 Å². The number of methoxy groups -OCH3 is 2. The summed E-state index contributed by atoms with van der Waals surface area (Å²) in [5, 5.41) is 2.96. The lowest BCUT2D eigenvalue weighted by atomic mass is 10.1. The van der Waals surface area contributed by atoms with Gasteiger partial charge < -0.3 is 24.6 Å². The number of aryl methyl sites for hydroxylation is 1. The third-order valence-corrected chi connectivity index (χ3v) is 5.19. The maximum atomic E-state index is 12.4. The van der Waals surface area contributed by atoms with Gasteiger partial charge >= 0.3 is 0 Å². The molecule has 0 saturated carbocycles. The van der Waals surface area contributed by atoms with Crippen LogP contribution in [-0.4, -0.2) is 58.3 Å².